The van der Waals surface area contributed by atoms with Gasteiger partial charge in [-0.15, -0.1) is 11.3 Å². The van der Waals surface area contributed by atoms with Gasteiger partial charge in [-0.3, -0.25) is 4.79 Å². The van der Waals surface area contributed by atoms with Gasteiger partial charge in [0.15, 0.2) is 5.60 Å². The number of nitrogens with zero attached hydrogens (tertiary/aromatic N) is 4. The van der Waals surface area contributed by atoms with Crippen molar-refractivity contribution in [3.05, 3.63) is 47.5 Å². The molecule has 0 spiro atoms. The number of amides is 1. The van der Waals surface area contributed by atoms with Gasteiger partial charge in [0.1, 0.15) is 17.3 Å². The third-order valence-electron chi connectivity index (χ3n) is 5.53. The van der Waals surface area contributed by atoms with E-state index in [1.54, 1.807) is 37.5 Å². The van der Waals surface area contributed by atoms with E-state index < -0.39 is 18.4 Å². The molecule has 12 heteroatoms. The Morgan fingerprint density at radius 3 is 2.83 bits per heavy atom. The molecule has 2 aromatic heterocycles. The Morgan fingerprint density at radius 2 is 2.09 bits per heavy atom. The van der Waals surface area contributed by atoms with Crippen LogP contribution in [-0.4, -0.2) is 70.4 Å². The van der Waals surface area contributed by atoms with Gasteiger partial charge >= 0.3 is 6.18 Å². The maximum Gasteiger partial charge on any atom is 0.411 e. The number of anilines is 1. The van der Waals surface area contributed by atoms with Crippen LogP contribution in [0.25, 0.3) is 22.0 Å². The molecule has 3 aromatic rings. The quantitative estimate of drug-likeness (QED) is 0.426. The van der Waals surface area contributed by atoms with Crippen LogP contribution in [0.1, 0.15) is 18.4 Å². The van der Waals surface area contributed by atoms with E-state index in [9.17, 15) is 23.1 Å². The molecule has 1 atom stereocenters. The highest BCUT2D eigenvalue weighted by molar-refractivity contribution is 7.13. The van der Waals surface area contributed by atoms with Crippen LogP contribution in [-0.2, 0) is 15.1 Å². The maximum atomic E-state index is 12.5. The van der Waals surface area contributed by atoms with Gasteiger partial charge < -0.3 is 20.1 Å². The van der Waals surface area contributed by atoms with Crippen LogP contribution in [0.4, 0.5) is 19.1 Å². The Labute approximate surface area is 203 Å². The van der Waals surface area contributed by atoms with E-state index in [2.05, 4.69) is 25.0 Å². The third-order valence-corrected chi connectivity index (χ3v) is 6.42. The Hall–Kier alpha value is -3.09. The minimum absolute atomic E-state index is 0.0300. The lowest BCUT2D eigenvalue weighted by molar-refractivity contribution is -0.173. The fraction of sp³-hybridized carbons (Fsp3) is 0.391. The molecule has 0 aliphatic carbocycles. The number of aliphatic hydroxyl groups is 1. The number of benzene rings is 1. The zero-order valence-electron chi connectivity index (χ0n) is 18.9. The molecule has 8 nitrogen and oxygen atoms in total. The lowest BCUT2D eigenvalue weighted by Gasteiger charge is -2.21. The second kappa shape index (κ2) is 10.3. The Kier molecular flexibility index (Phi) is 7.33. The lowest BCUT2D eigenvalue weighted by atomic mass is 9.91. The maximum absolute atomic E-state index is 12.5. The summed E-state index contributed by atoms with van der Waals surface area (Å²) in [5.74, 6) is 0.0170. The molecular formula is C23H24F3N5O3S. The zero-order valence-corrected chi connectivity index (χ0v) is 19.7. The molecule has 3 heterocycles. The number of likely N-dealkylation sites (N-methyl/N-ethyl adjacent to an activating group) is 1. The van der Waals surface area contributed by atoms with Crippen molar-refractivity contribution in [1.29, 1.82) is 0 Å². The molecule has 0 radical (unpaired) electrons. The van der Waals surface area contributed by atoms with E-state index in [1.807, 2.05) is 11.4 Å². The number of ether oxygens (including phenoxy) is 1. The molecule has 2 N–H and O–H groups in total. The lowest BCUT2D eigenvalue weighted by Crippen LogP contribution is -2.36. The van der Waals surface area contributed by atoms with Gasteiger partial charge in [-0.05, 0) is 24.1 Å². The number of aromatic nitrogens is 3. The fourth-order valence-electron chi connectivity index (χ4n) is 3.70. The summed E-state index contributed by atoms with van der Waals surface area (Å²) >= 11 is 1.41. The molecule has 1 unspecified atom stereocenters. The molecule has 0 bridgehead atoms. The van der Waals surface area contributed by atoms with Crippen molar-refractivity contribution in [2.45, 2.75) is 24.6 Å². The number of halogens is 3. The normalized spacial score (nSPS) is 18.3. The van der Waals surface area contributed by atoms with Crippen LogP contribution in [0, 0.1) is 0 Å². The molecule has 0 saturated carbocycles. The third kappa shape index (κ3) is 5.95. The largest absolute Gasteiger partial charge is 0.411 e. The molecule has 186 valence electrons. The van der Waals surface area contributed by atoms with Gasteiger partial charge in [0.05, 0.1) is 5.69 Å². The average molecular weight is 508 g/mol. The van der Waals surface area contributed by atoms with Crippen molar-refractivity contribution < 1.29 is 27.8 Å². The van der Waals surface area contributed by atoms with E-state index in [4.69, 9.17) is 0 Å². The summed E-state index contributed by atoms with van der Waals surface area (Å²) in [5, 5.41) is 16.5. The molecule has 1 aliphatic rings. The van der Waals surface area contributed by atoms with Crippen molar-refractivity contribution in [1.82, 2.24) is 19.9 Å². The standard InChI is InChI=1S/C23H24F3N5O3S/c1-31-10-7-22(33,20(31)32)16-5-2-4-15(12-16)19-29-18(13-35-19)17-6-9-28-21(30-17)27-8-3-11-34-14-23(24,25)26/h2,4-6,9,12-13,33H,3,7-8,10-11,14H2,1H3,(H,27,28,30). The Bertz CT molecular complexity index is 1190. The summed E-state index contributed by atoms with van der Waals surface area (Å²) in [4.78, 5) is 27.2. The Morgan fingerprint density at radius 1 is 1.26 bits per heavy atom. The number of likely N-dealkylation sites (tertiary alicyclic amines) is 1. The second-order valence-corrected chi connectivity index (χ2v) is 9.03. The summed E-state index contributed by atoms with van der Waals surface area (Å²) in [6.45, 7) is -0.447. The minimum atomic E-state index is -4.33. The van der Waals surface area contributed by atoms with Gasteiger partial charge in [0, 0.05) is 50.3 Å². The smallest absolute Gasteiger partial charge is 0.375 e. The van der Waals surface area contributed by atoms with E-state index in [0.717, 1.165) is 5.56 Å². The highest BCUT2D eigenvalue weighted by Gasteiger charge is 2.45. The predicted octanol–water partition coefficient (Wildman–Crippen LogP) is 3.70. The fourth-order valence-corrected chi connectivity index (χ4v) is 4.51. The molecule has 1 aliphatic heterocycles. The summed E-state index contributed by atoms with van der Waals surface area (Å²) < 4.78 is 40.9. The van der Waals surface area contributed by atoms with Gasteiger partial charge in [-0.25, -0.2) is 15.0 Å². The van der Waals surface area contributed by atoms with Crippen LogP contribution in [0.5, 0.6) is 0 Å². The molecule has 1 aromatic carbocycles. The number of thiazole rings is 1. The number of nitrogens with one attached hydrogen (secondary N) is 1. The summed E-state index contributed by atoms with van der Waals surface area (Å²) in [6, 6.07) is 8.90. The van der Waals surface area contributed by atoms with Crippen molar-refractivity contribution in [2.24, 2.45) is 0 Å². The van der Waals surface area contributed by atoms with Crippen LogP contribution < -0.4 is 5.32 Å². The van der Waals surface area contributed by atoms with Crippen molar-refractivity contribution in [3.63, 3.8) is 0 Å². The summed E-state index contributed by atoms with van der Waals surface area (Å²) in [7, 11) is 1.67. The topological polar surface area (TPSA) is 100 Å². The van der Waals surface area contributed by atoms with Crippen LogP contribution in [0.2, 0.25) is 0 Å². The number of rotatable bonds is 9. The molecule has 4 rings (SSSR count). The van der Waals surface area contributed by atoms with E-state index in [-0.39, 0.29) is 12.5 Å². The van der Waals surface area contributed by atoms with Crippen LogP contribution in [0.15, 0.2) is 41.9 Å². The highest BCUT2D eigenvalue weighted by atomic mass is 32.1. The van der Waals surface area contributed by atoms with E-state index >= 15 is 0 Å². The van der Waals surface area contributed by atoms with E-state index in [1.165, 1.54) is 16.2 Å². The first kappa shape index (κ1) is 25.0. The van der Waals surface area contributed by atoms with Crippen molar-refractivity contribution in [2.75, 3.05) is 38.7 Å². The first-order valence-corrected chi connectivity index (χ1v) is 11.8. The molecule has 35 heavy (non-hydrogen) atoms. The van der Waals surface area contributed by atoms with Crippen LogP contribution >= 0.6 is 11.3 Å². The zero-order chi connectivity index (χ0) is 25.1. The predicted molar refractivity (Wildman–Crippen MR) is 125 cm³/mol. The summed E-state index contributed by atoms with van der Waals surface area (Å²) in [6.07, 6.45) is -2.06. The average Bonchev–Trinajstić information content (AvgIpc) is 3.43. The monoisotopic (exact) mass is 507 g/mol. The van der Waals surface area contributed by atoms with Crippen LogP contribution in [0.3, 0.4) is 0 Å². The van der Waals surface area contributed by atoms with Crippen molar-refractivity contribution >= 4 is 23.2 Å². The first-order valence-electron chi connectivity index (χ1n) is 10.9. The second-order valence-electron chi connectivity index (χ2n) is 8.17. The summed E-state index contributed by atoms with van der Waals surface area (Å²) in [5.41, 5.74) is 0.996. The highest BCUT2D eigenvalue weighted by Crippen LogP contribution is 2.36. The number of carbonyl (C=O) groups is 1. The molecule has 1 amide bonds. The number of hydrogen-bond acceptors (Lipinski definition) is 8. The van der Waals surface area contributed by atoms with Crippen molar-refractivity contribution in [3.8, 4) is 22.0 Å². The Balaban J connectivity index is 1.41. The van der Waals surface area contributed by atoms with Gasteiger partial charge in [0.2, 0.25) is 5.95 Å². The number of carbonyl (C=O) groups excluding carboxylic acids is 1. The molecule has 1 saturated heterocycles. The van der Waals surface area contributed by atoms with Gasteiger partial charge in [-0.2, -0.15) is 13.2 Å². The number of alkyl halides is 3. The molecular weight excluding hydrogens is 483 g/mol. The first-order chi connectivity index (χ1) is 16.7. The SMILES string of the molecule is CN1CCC(O)(c2cccc(-c3nc(-c4ccnc(NCCCOCC(F)(F)F)n4)cs3)c2)C1=O. The van der Waals surface area contributed by atoms with E-state index in [0.29, 0.717) is 53.8 Å². The number of hydrogen-bond donors (Lipinski definition) is 2. The van der Waals surface area contributed by atoms with Gasteiger partial charge in [-0.1, -0.05) is 18.2 Å². The minimum Gasteiger partial charge on any atom is -0.375 e. The molecule has 1 fully saturated rings. The van der Waals surface area contributed by atoms with Gasteiger partial charge in [0.25, 0.3) is 5.91 Å².